The maximum atomic E-state index is 13.6. The summed E-state index contributed by atoms with van der Waals surface area (Å²) in [6.07, 6.45) is 5.29. The highest BCUT2D eigenvalue weighted by atomic mass is 19.1. The van der Waals surface area contributed by atoms with Crippen molar-refractivity contribution in [3.8, 4) is 6.07 Å². The molecule has 7 heteroatoms. The highest BCUT2D eigenvalue weighted by Crippen LogP contribution is 2.51. The molecule has 1 atom stereocenters. The number of aromatic nitrogens is 3. The van der Waals surface area contributed by atoms with Gasteiger partial charge in [-0.15, -0.1) is 0 Å². The number of hydrogen-bond acceptors (Lipinski definition) is 4. The van der Waals surface area contributed by atoms with Crippen LogP contribution in [0.4, 0.5) is 15.9 Å². The fourth-order valence-corrected chi connectivity index (χ4v) is 3.70. The minimum absolute atomic E-state index is 0.264. The van der Waals surface area contributed by atoms with Gasteiger partial charge in [0.1, 0.15) is 17.4 Å². The molecule has 6 nitrogen and oxygen atoms in total. The molecule has 25 heavy (non-hydrogen) atoms. The average molecular weight is 334 g/mol. The van der Waals surface area contributed by atoms with Gasteiger partial charge in [0, 0.05) is 24.8 Å². The Labute approximate surface area is 143 Å². The van der Waals surface area contributed by atoms with Crippen LogP contribution in [-0.2, 0) is 7.05 Å². The Kier molecular flexibility index (Phi) is 2.67. The molecule has 1 unspecified atom stereocenters. The van der Waals surface area contributed by atoms with E-state index in [1.807, 2.05) is 18.5 Å². The number of fused-ring (bicyclic) bond motifs is 2. The number of nitriles is 1. The highest BCUT2D eigenvalue weighted by Gasteiger charge is 2.53. The number of nitrogens with zero attached hydrogens (tertiary/aromatic N) is 5. The molecule has 1 aromatic carbocycles. The summed E-state index contributed by atoms with van der Waals surface area (Å²) in [5.41, 5.74) is 1.89. The van der Waals surface area contributed by atoms with Gasteiger partial charge in [0.15, 0.2) is 5.82 Å². The van der Waals surface area contributed by atoms with Crippen molar-refractivity contribution in [2.45, 2.75) is 24.4 Å². The maximum absolute atomic E-state index is 13.6. The van der Waals surface area contributed by atoms with Crippen LogP contribution in [0, 0.1) is 17.1 Å². The Morgan fingerprint density at radius 3 is 2.96 bits per heavy atom. The summed E-state index contributed by atoms with van der Waals surface area (Å²) in [5, 5.41) is 15.3. The second kappa shape index (κ2) is 4.70. The molecule has 0 amide bonds. The van der Waals surface area contributed by atoms with Crippen molar-refractivity contribution < 1.29 is 4.39 Å². The van der Waals surface area contributed by atoms with E-state index >= 15 is 0 Å². The number of aliphatic imine (C=N–C) groups is 1. The van der Waals surface area contributed by atoms with Crippen molar-refractivity contribution in [2.24, 2.45) is 12.0 Å². The predicted molar refractivity (Wildman–Crippen MR) is 92.4 cm³/mol. The number of aromatic amines is 1. The molecule has 1 saturated carbocycles. The molecule has 3 heterocycles. The summed E-state index contributed by atoms with van der Waals surface area (Å²) in [7, 11) is 1.80. The Hall–Kier alpha value is -3.14. The first-order valence-electron chi connectivity index (χ1n) is 8.17. The van der Waals surface area contributed by atoms with E-state index in [0.717, 1.165) is 40.9 Å². The van der Waals surface area contributed by atoms with Gasteiger partial charge in [0.25, 0.3) is 0 Å². The molecule has 0 radical (unpaired) electrons. The van der Waals surface area contributed by atoms with E-state index in [-0.39, 0.29) is 11.9 Å². The van der Waals surface area contributed by atoms with Crippen molar-refractivity contribution in [3.63, 3.8) is 0 Å². The van der Waals surface area contributed by atoms with E-state index in [9.17, 15) is 9.65 Å². The maximum Gasteiger partial charge on any atom is 0.153 e. The van der Waals surface area contributed by atoms with Gasteiger partial charge < -0.3 is 9.88 Å². The molecular formula is C18H15FN6. The van der Waals surface area contributed by atoms with Crippen LogP contribution in [0.3, 0.4) is 0 Å². The van der Waals surface area contributed by atoms with Crippen LogP contribution in [0.2, 0.25) is 0 Å². The quantitative estimate of drug-likeness (QED) is 0.781. The van der Waals surface area contributed by atoms with Crippen molar-refractivity contribution in [3.05, 3.63) is 42.0 Å². The molecule has 0 spiro atoms. The van der Waals surface area contributed by atoms with Gasteiger partial charge in [-0.25, -0.2) is 9.38 Å². The molecule has 1 aliphatic heterocycles. The number of halogens is 1. The Morgan fingerprint density at radius 2 is 2.20 bits per heavy atom. The van der Waals surface area contributed by atoms with Gasteiger partial charge in [-0.1, -0.05) is 0 Å². The van der Waals surface area contributed by atoms with Gasteiger partial charge in [0.05, 0.1) is 23.0 Å². The van der Waals surface area contributed by atoms with E-state index in [2.05, 4.69) is 26.0 Å². The monoisotopic (exact) mass is 334 g/mol. The third kappa shape index (κ3) is 1.88. The molecule has 2 aromatic heterocycles. The first-order chi connectivity index (χ1) is 12.1. The van der Waals surface area contributed by atoms with Crippen LogP contribution in [-0.4, -0.2) is 26.5 Å². The van der Waals surface area contributed by atoms with Crippen LogP contribution < -0.4 is 4.90 Å². The minimum atomic E-state index is -0.530. The van der Waals surface area contributed by atoms with Crippen molar-refractivity contribution in [1.82, 2.24) is 14.8 Å². The number of hydrogen-bond donors (Lipinski definition) is 1. The standard InChI is InChI=1S/C18H15FN6/c1-24-14-8-11(19)2-3-12(14)16(23-24)15-9-22-17-13(4-7-21-17)25(15)18(10-20)5-6-18/h2-4,7-9,15,21H,5-6H2,1H3. The van der Waals surface area contributed by atoms with Gasteiger partial charge in [-0.2, -0.15) is 10.4 Å². The molecule has 1 aliphatic carbocycles. The van der Waals surface area contributed by atoms with E-state index < -0.39 is 5.54 Å². The smallest absolute Gasteiger partial charge is 0.153 e. The van der Waals surface area contributed by atoms with Gasteiger partial charge >= 0.3 is 0 Å². The van der Waals surface area contributed by atoms with Crippen molar-refractivity contribution in [2.75, 3.05) is 4.90 Å². The van der Waals surface area contributed by atoms with E-state index in [0.29, 0.717) is 0 Å². The Morgan fingerprint density at radius 1 is 1.36 bits per heavy atom. The average Bonchev–Trinajstić information content (AvgIpc) is 3.14. The normalized spacial score (nSPS) is 20.5. The largest absolute Gasteiger partial charge is 0.345 e. The summed E-state index contributed by atoms with van der Waals surface area (Å²) in [6, 6.07) is 8.82. The van der Waals surface area contributed by atoms with Gasteiger partial charge in [-0.05, 0) is 37.1 Å². The number of anilines is 1. The molecule has 2 aliphatic rings. The second-order valence-electron chi connectivity index (χ2n) is 6.62. The Balaban J connectivity index is 1.72. The number of H-pyrrole nitrogens is 1. The number of benzene rings is 1. The number of aryl methyl sites for hydroxylation is 1. The molecule has 0 saturated heterocycles. The lowest BCUT2D eigenvalue weighted by atomic mass is 10.0. The van der Waals surface area contributed by atoms with Gasteiger partial charge in [-0.3, -0.25) is 4.68 Å². The van der Waals surface area contributed by atoms with Crippen LogP contribution in [0.25, 0.3) is 10.9 Å². The molecule has 3 aromatic rings. The summed E-state index contributed by atoms with van der Waals surface area (Å²) in [4.78, 5) is 9.73. The fourth-order valence-electron chi connectivity index (χ4n) is 3.70. The van der Waals surface area contributed by atoms with Crippen LogP contribution in [0.5, 0.6) is 0 Å². The SMILES string of the molecule is Cn1nc(C2C=Nc3[nH]ccc3N2C2(C#N)CC2)c2ccc(F)cc21. The highest BCUT2D eigenvalue weighted by molar-refractivity contribution is 5.91. The lowest BCUT2D eigenvalue weighted by molar-refractivity contribution is 0.627. The lowest BCUT2D eigenvalue weighted by Gasteiger charge is -2.36. The molecular weight excluding hydrogens is 319 g/mol. The van der Waals surface area contributed by atoms with E-state index in [1.54, 1.807) is 17.8 Å². The lowest BCUT2D eigenvalue weighted by Crippen LogP contribution is -2.41. The third-order valence-corrected chi connectivity index (χ3v) is 5.10. The zero-order valence-corrected chi connectivity index (χ0v) is 13.6. The van der Waals surface area contributed by atoms with E-state index in [1.165, 1.54) is 12.1 Å². The van der Waals surface area contributed by atoms with Gasteiger partial charge in [0.2, 0.25) is 0 Å². The van der Waals surface area contributed by atoms with Crippen molar-refractivity contribution >= 4 is 28.6 Å². The Bertz CT molecular complexity index is 1070. The van der Waals surface area contributed by atoms with Crippen LogP contribution >= 0.6 is 0 Å². The molecule has 1 fully saturated rings. The van der Waals surface area contributed by atoms with E-state index in [4.69, 9.17) is 0 Å². The predicted octanol–water partition coefficient (Wildman–Crippen LogP) is 3.36. The summed E-state index contributed by atoms with van der Waals surface area (Å²) in [6.45, 7) is 0. The van der Waals surface area contributed by atoms with Crippen LogP contribution in [0.1, 0.15) is 24.6 Å². The second-order valence-corrected chi connectivity index (χ2v) is 6.62. The molecule has 0 bridgehead atoms. The number of nitrogens with one attached hydrogen (secondary N) is 1. The zero-order chi connectivity index (χ0) is 17.2. The number of rotatable bonds is 2. The summed E-state index contributed by atoms with van der Waals surface area (Å²) >= 11 is 0. The first-order valence-corrected chi connectivity index (χ1v) is 8.17. The third-order valence-electron chi connectivity index (χ3n) is 5.10. The zero-order valence-electron chi connectivity index (χ0n) is 13.6. The van der Waals surface area contributed by atoms with Crippen molar-refractivity contribution in [1.29, 1.82) is 5.26 Å². The molecule has 124 valence electrons. The first kappa shape index (κ1) is 14.2. The minimum Gasteiger partial charge on any atom is -0.345 e. The molecule has 1 N–H and O–H groups in total. The van der Waals surface area contributed by atoms with Crippen LogP contribution in [0.15, 0.2) is 35.5 Å². The topological polar surface area (TPSA) is 73.0 Å². The molecule has 5 rings (SSSR count). The fraction of sp³-hybridized carbons (Fsp3) is 0.278. The summed E-state index contributed by atoms with van der Waals surface area (Å²) < 4.78 is 15.3. The summed E-state index contributed by atoms with van der Waals surface area (Å²) in [5.74, 6) is 0.462.